The smallest absolute Gasteiger partial charge is 0.278 e. The Bertz CT molecular complexity index is 1240. The van der Waals surface area contributed by atoms with Crippen LogP contribution in [0.15, 0.2) is 52.3 Å². The summed E-state index contributed by atoms with van der Waals surface area (Å²) in [6.07, 6.45) is 6.04. The molecule has 0 saturated heterocycles. The molecule has 9 heteroatoms. The van der Waals surface area contributed by atoms with Gasteiger partial charge in [0.2, 0.25) is 0 Å². The molecule has 0 unspecified atom stereocenters. The summed E-state index contributed by atoms with van der Waals surface area (Å²) in [5, 5.41) is 4.62. The zero-order valence-electron chi connectivity index (χ0n) is 20.2. The number of hydrogen-bond acceptors (Lipinski definition) is 6. The molecule has 0 spiro atoms. The third-order valence-corrected chi connectivity index (χ3v) is 5.93. The molecule has 1 aliphatic rings. The van der Waals surface area contributed by atoms with Crippen LogP contribution in [-0.4, -0.2) is 55.5 Å². The van der Waals surface area contributed by atoms with Crippen LogP contribution in [-0.2, 0) is 13.1 Å². The van der Waals surface area contributed by atoms with Crippen LogP contribution in [0, 0.1) is 0 Å². The van der Waals surface area contributed by atoms with Crippen molar-refractivity contribution >= 4 is 17.5 Å². The van der Waals surface area contributed by atoms with E-state index in [0.717, 1.165) is 18.8 Å². The van der Waals surface area contributed by atoms with Crippen LogP contribution < -0.4 is 0 Å². The number of carbonyl (C=O) groups excluding carboxylic acids is 1. The number of allylic oxidation sites excluding steroid dienone is 2. The van der Waals surface area contributed by atoms with E-state index in [2.05, 4.69) is 59.9 Å². The summed E-state index contributed by atoms with van der Waals surface area (Å²) in [5.41, 5.74) is 5.01. The lowest BCUT2D eigenvalue weighted by Gasteiger charge is -2.17. The third-order valence-electron chi connectivity index (χ3n) is 5.62. The molecular weight excluding hydrogens is 452 g/mol. The fraction of sp³-hybridized carbons (Fsp3) is 0.360. The molecule has 3 aromatic rings. The van der Waals surface area contributed by atoms with Crippen LogP contribution in [0.3, 0.4) is 0 Å². The topological polar surface area (TPSA) is 80.3 Å². The van der Waals surface area contributed by atoms with Gasteiger partial charge in [0.25, 0.3) is 11.8 Å². The molecule has 0 aliphatic carbocycles. The molecule has 1 aromatic carbocycles. The molecule has 1 amide bonds. The van der Waals surface area contributed by atoms with E-state index in [1.807, 2.05) is 16.7 Å². The van der Waals surface area contributed by atoms with Crippen LogP contribution in [0.2, 0.25) is 5.02 Å². The highest BCUT2D eigenvalue weighted by molar-refractivity contribution is 6.34. The number of amides is 1. The predicted octanol–water partition coefficient (Wildman–Crippen LogP) is 4.90. The minimum absolute atomic E-state index is 0.143. The van der Waals surface area contributed by atoms with Gasteiger partial charge in [-0.05, 0) is 39.8 Å². The van der Waals surface area contributed by atoms with Crippen molar-refractivity contribution in [2.45, 2.75) is 40.8 Å². The fourth-order valence-corrected chi connectivity index (χ4v) is 4.02. The Morgan fingerprint density at radius 2 is 1.88 bits per heavy atom. The van der Waals surface area contributed by atoms with E-state index >= 15 is 0 Å². The molecule has 4 rings (SSSR count). The number of fused-ring (bicyclic) bond motifs is 3. The van der Waals surface area contributed by atoms with E-state index in [9.17, 15) is 4.79 Å². The van der Waals surface area contributed by atoms with Crippen molar-refractivity contribution in [3.8, 4) is 17.3 Å². The quantitative estimate of drug-likeness (QED) is 0.447. The first-order chi connectivity index (χ1) is 16.2. The van der Waals surface area contributed by atoms with Crippen molar-refractivity contribution in [1.29, 1.82) is 0 Å². The predicted molar refractivity (Wildman–Crippen MR) is 132 cm³/mol. The molecule has 8 nitrogen and oxygen atoms in total. The Morgan fingerprint density at radius 3 is 2.56 bits per heavy atom. The Kier molecular flexibility index (Phi) is 7.00. The lowest BCUT2D eigenvalue weighted by molar-refractivity contribution is 0.0788. The summed E-state index contributed by atoms with van der Waals surface area (Å²) in [4.78, 5) is 26.0. The van der Waals surface area contributed by atoms with Gasteiger partial charge < -0.3 is 9.42 Å². The van der Waals surface area contributed by atoms with E-state index in [4.69, 9.17) is 16.1 Å². The Labute approximate surface area is 204 Å². The maximum absolute atomic E-state index is 13.0. The molecule has 3 heterocycles. The number of hydrogen-bond donors (Lipinski definition) is 0. The van der Waals surface area contributed by atoms with Gasteiger partial charge in [-0.2, -0.15) is 4.98 Å². The van der Waals surface area contributed by atoms with Crippen LogP contribution in [0.5, 0.6) is 0 Å². The number of halogens is 1. The van der Waals surface area contributed by atoms with Crippen molar-refractivity contribution in [3.05, 3.63) is 69.9 Å². The fourth-order valence-electron chi connectivity index (χ4n) is 3.76. The first kappa shape index (κ1) is 23.9. The van der Waals surface area contributed by atoms with Gasteiger partial charge in [-0.15, -0.1) is 0 Å². The number of carbonyl (C=O) groups is 1. The average molecular weight is 481 g/mol. The zero-order chi connectivity index (χ0) is 24.4. The van der Waals surface area contributed by atoms with Crippen LogP contribution in [0.25, 0.3) is 17.3 Å². The Hall–Kier alpha value is -3.23. The molecule has 1 aliphatic heterocycles. The number of rotatable bonds is 7. The van der Waals surface area contributed by atoms with Crippen LogP contribution in [0.1, 0.15) is 49.6 Å². The summed E-state index contributed by atoms with van der Waals surface area (Å²) in [6, 6.07) is 5.40. The maximum atomic E-state index is 13.0. The van der Waals surface area contributed by atoms with Gasteiger partial charge in [-0.25, -0.2) is 4.98 Å². The zero-order valence-corrected chi connectivity index (χ0v) is 20.9. The highest BCUT2D eigenvalue weighted by Crippen LogP contribution is 2.32. The molecule has 0 radical (unpaired) electrons. The summed E-state index contributed by atoms with van der Waals surface area (Å²) in [6.45, 7) is 10.8. The normalized spacial score (nSPS) is 12.9. The number of benzene rings is 1. The van der Waals surface area contributed by atoms with Crippen LogP contribution >= 0.6 is 11.6 Å². The van der Waals surface area contributed by atoms with Gasteiger partial charge in [-0.3, -0.25) is 14.3 Å². The molecule has 0 fully saturated rings. The van der Waals surface area contributed by atoms with Gasteiger partial charge in [0.05, 0.1) is 35.1 Å². The molecule has 0 N–H and O–H groups in total. The van der Waals surface area contributed by atoms with E-state index in [1.165, 1.54) is 11.1 Å². The highest BCUT2D eigenvalue weighted by Gasteiger charge is 2.30. The SMILES string of the molecule is CC(C)=CCN(CC=C(C)C)Cc1noc(-c2ncn3c2CN(C)C(=O)c2c(Cl)cccc2-3)n1. The largest absolute Gasteiger partial charge is 0.336 e. The molecule has 0 bridgehead atoms. The minimum Gasteiger partial charge on any atom is -0.336 e. The molecule has 2 aromatic heterocycles. The first-order valence-electron chi connectivity index (χ1n) is 11.2. The van der Waals surface area contributed by atoms with Crippen molar-refractivity contribution < 1.29 is 9.32 Å². The van der Waals surface area contributed by atoms with Crippen molar-refractivity contribution in [3.63, 3.8) is 0 Å². The lowest BCUT2D eigenvalue weighted by Crippen LogP contribution is -2.25. The third kappa shape index (κ3) is 4.98. The van der Waals surface area contributed by atoms with Gasteiger partial charge in [-0.1, -0.05) is 46.1 Å². The second-order valence-electron chi connectivity index (χ2n) is 8.98. The molecule has 0 atom stereocenters. The monoisotopic (exact) mass is 480 g/mol. The molecular formula is C25H29ClN6O2. The number of imidazole rings is 1. The number of aromatic nitrogens is 4. The summed E-state index contributed by atoms with van der Waals surface area (Å²) in [5.74, 6) is 0.776. The molecule has 0 saturated carbocycles. The van der Waals surface area contributed by atoms with Crippen molar-refractivity contribution in [2.75, 3.05) is 20.1 Å². The molecule has 34 heavy (non-hydrogen) atoms. The molecule has 178 valence electrons. The van der Waals surface area contributed by atoms with E-state index in [-0.39, 0.29) is 5.91 Å². The summed E-state index contributed by atoms with van der Waals surface area (Å²) >= 11 is 6.37. The number of nitrogens with zero attached hydrogens (tertiary/aromatic N) is 6. The van der Waals surface area contributed by atoms with Gasteiger partial charge in [0.15, 0.2) is 11.5 Å². The Balaban J connectivity index is 1.65. The second-order valence-corrected chi connectivity index (χ2v) is 9.39. The van der Waals surface area contributed by atoms with Crippen molar-refractivity contribution in [1.82, 2.24) is 29.5 Å². The average Bonchev–Trinajstić information content (AvgIpc) is 3.39. The van der Waals surface area contributed by atoms with E-state index < -0.39 is 0 Å². The highest BCUT2D eigenvalue weighted by atomic mass is 35.5. The summed E-state index contributed by atoms with van der Waals surface area (Å²) in [7, 11) is 1.74. The standard InChI is InChI=1S/C25H29ClN6O2/c1-16(2)9-11-31(12-10-17(3)4)14-21-28-24(34-29-21)23-20-13-30(5)25(33)22-18(26)7-6-8-19(22)32(20)15-27-23/h6-10,15H,11-14H2,1-5H3. The van der Waals surface area contributed by atoms with E-state index in [1.54, 1.807) is 24.3 Å². The van der Waals surface area contributed by atoms with Crippen molar-refractivity contribution in [2.24, 2.45) is 0 Å². The Morgan fingerprint density at radius 1 is 1.18 bits per heavy atom. The second kappa shape index (κ2) is 9.95. The summed E-state index contributed by atoms with van der Waals surface area (Å²) < 4.78 is 7.49. The van der Waals surface area contributed by atoms with E-state index in [0.29, 0.717) is 46.8 Å². The van der Waals surface area contributed by atoms with Gasteiger partial charge in [0, 0.05) is 20.1 Å². The minimum atomic E-state index is -0.143. The van der Waals surface area contributed by atoms with Gasteiger partial charge >= 0.3 is 0 Å². The van der Waals surface area contributed by atoms with Gasteiger partial charge in [0.1, 0.15) is 6.33 Å². The lowest BCUT2D eigenvalue weighted by atomic mass is 10.1. The first-order valence-corrected chi connectivity index (χ1v) is 11.5. The van der Waals surface area contributed by atoms with Crippen LogP contribution in [0.4, 0.5) is 0 Å². The maximum Gasteiger partial charge on any atom is 0.278 e.